The Morgan fingerprint density at radius 1 is 1.09 bits per heavy atom. The Morgan fingerprint density at radius 2 is 1.87 bits per heavy atom. The molecular weight excluding hydrogens is 296 g/mol. The molecule has 1 saturated heterocycles. The van der Waals surface area contributed by atoms with E-state index >= 15 is 0 Å². The first-order valence-corrected chi connectivity index (χ1v) is 6.99. The van der Waals surface area contributed by atoms with E-state index in [1.165, 1.54) is 12.3 Å². The second-order valence-electron chi connectivity index (χ2n) is 5.24. The number of carbonyl (C=O) groups excluding carboxylic acids is 3. The van der Waals surface area contributed by atoms with Crippen molar-refractivity contribution < 1.29 is 18.8 Å². The number of anilines is 1. The van der Waals surface area contributed by atoms with E-state index in [2.05, 4.69) is 5.32 Å². The molecule has 4 amide bonds. The topological polar surface area (TPSA) is 79.6 Å². The Morgan fingerprint density at radius 3 is 2.52 bits per heavy atom. The van der Waals surface area contributed by atoms with E-state index in [4.69, 9.17) is 4.42 Å². The maximum atomic E-state index is 12.6. The number of carbonyl (C=O) groups is 3. The molecule has 6 heteroatoms. The Bertz CT molecular complexity index is 834. The third-order valence-electron chi connectivity index (χ3n) is 3.68. The van der Waals surface area contributed by atoms with Gasteiger partial charge in [0.15, 0.2) is 0 Å². The number of nitrogens with one attached hydrogen (secondary N) is 1. The lowest BCUT2D eigenvalue weighted by Crippen LogP contribution is -2.54. The van der Waals surface area contributed by atoms with Crippen LogP contribution >= 0.6 is 0 Å². The highest BCUT2D eigenvalue weighted by Gasteiger charge is 2.37. The van der Waals surface area contributed by atoms with Crippen molar-refractivity contribution in [2.24, 2.45) is 0 Å². The van der Waals surface area contributed by atoms with Crippen LogP contribution in [-0.4, -0.2) is 17.8 Å². The number of amides is 4. The highest BCUT2D eigenvalue weighted by molar-refractivity contribution is 6.39. The quantitative estimate of drug-likeness (QED) is 0.683. The zero-order valence-electron chi connectivity index (χ0n) is 12.6. The minimum absolute atomic E-state index is 0.155. The maximum Gasteiger partial charge on any atom is 0.335 e. The molecule has 0 bridgehead atoms. The molecule has 1 aromatic heterocycles. The van der Waals surface area contributed by atoms with Crippen LogP contribution in [0.5, 0.6) is 0 Å². The largest absolute Gasteiger partial charge is 0.465 e. The van der Waals surface area contributed by atoms with Crippen molar-refractivity contribution in [3.05, 3.63) is 59.1 Å². The maximum absolute atomic E-state index is 12.6. The molecule has 2 aromatic rings. The van der Waals surface area contributed by atoms with Gasteiger partial charge in [0.05, 0.1) is 12.0 Å². The van der Waals surface area contributed by atoms with Crippen LogP contribution in [0.3, 0.4) is 0 Å². The van der Waals surface area contributed by atoms with Crippen LogP contribution in [0.2, 0.25) is 0 Å². The van der Waals surface area contributed by atoms with Gasteiger partial charge in [0.25, 0.3) is 11.8 Å². The SMILES string of the molecule is Cc1ccc(N2C(=O)NC(=O)C(=Cc3ccco3)C2=O)cc1C. The van der Waals surface area contributed by atoms with E-state index in [9.17, 15) is 14.4 Å². The molecule has 0 radical (unpaired) electrons. The average molecular weight is 310 g/mol. The Hall–Kier alpha value is -3.15. The number of barbiturate groups is 1. The van der Waals surface area contributed by atoms with E-state index in [0.29, 0.717) is 11.4 Å². The van der Waals surface area contributed by atoms with Crippen molar-refractivity contribution in [3.8, 4) is 0 Å². The minimum atomic E-state index is -0.764. The molecule has 2 heterocycles. The first-order valence-electron chi connectivity index (χ1n) is 6.99. The highest BCUT2D eigenvalue weighted by Crippen LogP contribution is 2.24. The van der Waals surface area contributed by atoms with Gasteiger partial charge in [-0.2, -0.15) is 0 Å². The van der Waals surface area contributed by atoms with Gasteiger partial charge < -0.3 is 4.42 Å². The van der Waals surface area contributed by atoms with E-state index in [0.717, 1.165) is 16.0 Å². The summed E-state index contributed by atoms with van der Waals surface area (Å²) in [7, 11) is 0. The van der Waals surface area contributed by atoms with Crippen molar-refractivity contribution in [2.45, 2.75) is 13.8 Å². The Kier molecular flexibility index (Phi) is 3.57. The Balaban J connectivity index is 2.03. The lowest BCUT2D eigenvalue weighted by atomic mass is 10.1. The number of furan rings is 1. The molecule has 0 unspecified atom stereocenters. The molecule has 0 aliphatic carbocycles. The van der Waals surface area contributed by atoms with Crippen molar-refractivity contribution >= 4 is 29.6 Å². The molecule has 1 aliphatic rings. The fourth-order valence-electron chi connectivity index (χ4n) is 2.27. The number of hydrogen-bond donors (Lipinski definition) is 1. The standard InChI is InChI=1S/C17H14N2O4/c1-10-5-6-12(8-11(10)2)19-16(21)14(15(20)18-17(19)22)9-13-4-3-7-23-13/h3-9H,1-2H3,(H,18,20,22). The molecule has 1 aliphatic heterocycles. The summed E-state index contributed by atoms with van der Waals surface area (Å²) < 4.78 is 5.12. The predicted molar refractivity (Wildman–Crippen MR) is 83.6 cm³/mol. The first-order chi connectivity index (χ1) is 11.0. The summed E-state index contributed by atoms with van der Waals surface area (Å²) in [6.45, 7) is 3.82. The van der Waals surface area contributed by atoms with Gasteiger partial charge in [0, 0.05) is 0 Å². The lowest BCUT2D eigenvalue weighted by molar-refractivity contribution is -0.122. The van der Waals surface area contributed by atoms with E-state index in [1.807, 2.05) is 19.9 Å². The highest BCUT2D eigenvalue weighted by atomic mass is 16.3. The van der Waals surface area contributed by atoms with Gasteiger partial charge in [-0.3, -0.25) is 14.9 Å². The van der Waals surface area contributed by atoms with Crippen LogP contribution in [0.4, 0.5) is 10.5 Å². The second kappa shape index (κ2) is 5.57. The molecule has 0 atom stereocenters. The summed E-state index contributed by atoms with van der Waals surface area (Å²) in [6, 6.07) is 7.71. The lowest BCUT2D eigenvalue weighted by Gasteiger charge is -2.26. The number of nitrogens with zero attached hydrogens (tertiary/aromatic N) is 1. The summed E-state index contributed by atoms with van der Waals surface area (Å²) >= 11 is 0. The van der Waals surface area contributed by atoms with Crippen molar-refractivity contribution in [3.63, 3.8) is 0 Å². The molecule has 1 fully saturated rings. The van der Waals surface area contributed by atoms with Crippen LogP contribution in [0.25, 0.3) is 6.08 Å². The third kappa shape index (κ3) is 2.66. The van der Waals surface area contributed by atoms with Gasteiger partial charge in [-0.15, -0.1) is 0 Å². The number of aryl methyl sites for hydroxylation is 2. The first kappa shape index (κ1) is 14.8. The van der Waals surface area contributed by atoms with E-state index in [-0.39, 0.29) is 5.57 Å². The Labute approximate surface area is 132 Å². The number of urea groups is 1. The van der Waals surface area contributed by atoms with Crippen LogP contribution in [-0.2, 0) is 9.59 Å². The summed E-state index contributed by atoms with van der Waals surface area (Å²) in [5, 5.41) is 2.17. The molecule has 1 N–H and O–H groups in total. The number of imide groups is 2. The van der Waals surface area contributed by atoms with Crippen molar-refractivity contribution in [2.75, 3.05) is 4.90 Å². The van der Waals surface area contributed by atoms with Gasteiger partial charge in [-0.25, -0.2) is 9.69 Å². The molecule has 1 aromatic carbocycles. The molecule has 0 saturated carbocycles. The number of hydrogen-bond acceptors (Lipinski definition) is 4. The molecule has 0 spiro atoms. The van der Waals surface area contributed by atoms with Crippen LogP contribution in [0, 0.1) is 13.8 Å². The minimum Gasteiger partial charge on any atom is -0.465 e. The van der Waals surface area contributed by atoms with Gasteiger partial charge in [-0.05, 0) is 55.3 Å². The summed E-state index contributed by atoms with van der Waals surface area (Å²) in [5.41, 5.74) is 2.24. The fourth-order valence-corrected chi connectivity index (χ4v) is 2.27. The van der Waals surface area contributed by atoms with Gasteiger partial charge >= 0.3 is 6.03 Å². The van der Waals surface area contributed by atoms with Crippen molar-refractivity contribution in [1.29, 1.82) is 0 Å². The summed E-state index contributed by atoms with van der Waals surface area (Å²) in [4.78, 5) is 37.6. The average Bonchev–Trinajstić information content (AvgIpc) is 3.00. The predicted octanol–water partition coefficient (Wildman–Crippen LogP) is 2.56. The molecule has 6 nitrogen and oxygen atoms in total. The number of rotatable bonds is 2. The monoisotopic (exact) mass is 310 g/mol. The van der Waals surface area contributed by atoms with Gasteiger partial charge in [0.1, 0.15) is 11.3 Å². The summed E-state index contributed by atoms with van der Waals surface area (Å²) in [6.07, 6.45) is 2.75. The van der Waals surface area contributed by atoms with Crippen LogP contribution in [0.1, 0.15) is 16.9 Å². The van der Waals surface area contributed by atoms with E-state index in [1.54, 1.807) is 24.3 Å². The van der Waals surface area contributed by atoms with Crippen LogP contribution in [0.15, 0.2) is 46.6 Å². The normalized spacial score (nSPS) is 16.9. The molecule has 23 heavy (non-hydrogen) atoms. The zero-order valence-corrected chi connectivity index (χ0v) is 12.6. The fraction of sp³-hybridized carbons (Fsp3) is 0.118. The number of benzene rings is 1. The second-order valence-corrected chi connectivity index (χ2v) is 5.24. The van der Waals surface area contributed by atoms with E-state index < -0.39 is 17.8 Å². The van der Waals surface area contributed by atoms with Crippen molar-refractivity contribution in [1.82, 2.24) is 5.32 Å². The molecule has 3 rings (SSSR count). The van der Waals surface area contributed by atoms with Gasteiger partial charge in [-0.1, -0.05) is 6.07 Å². The molecular formula is C17H14N2O4. The molecule has 116 valence electrons. The van der Waals surface area contributed by atoms with Gasteiger partial charge in [0.2, 0.25) is 0 Å². The summed E-state index contributed by atoms with van der Waals surface area (Å²) in [5.74, 6) is -1.06. The van der Waals surface area contributed by atoms with Crippen LogP contribution < -0.4 is 10.2 Å². The zero-order chi connectivity index (χ0) is 16.6. The third-order valence-corrected chi connectivity index (χ3v) is 3.68. The smallest absolute Gasteiger partial charge is 0.335 e.